The molecule has 2 fully saturated rings. The van der Waals surface area contributed by atoms with Gasteiger partial charge in [0.2, 0.25) is 0 Å². The molecule has 0 aromatic carbocycles. The third-order valence-corrected chi connectivity index (χ3v) is 4.53. The van der Waals surface area contributed by atoms with Crippen molar-refractivity contribution < 1.29 is 14.6 Å². The maximum Gasteiger partial charge on any atom is 0.141 e. The minimum atomic E-state index is -0.975. The number of ether oxygens (including phenoxy) is 1. The van der Waals surface area contributed by atoms with E-state index in [9.17, 15) is 9.90 Å². The van der Waals surface area contributed by atoms with Crippen LogP contribution in [-0.2, 0) is 9.53 Å². The Hall–Kier alpha value is -0.410. The first kappa shape index (κ1) is 14.0. The number of rotatable bonds is 3. The van der Waals surface area contributed by atoms with Gasteiger partial charge in [0.15, 0.2) is 0 Å². The van der Waals surface area contributed by atoms with E-state index in [0.717, 1.165) is 19.3 Å². The molecule has 1 saturated heterocycles. The van der Waals surface area contributed by atoms with Crippen molar-refractivity contribution in [2.45, 2.75) is 71.2 Å². The van der Waals surface area contributed by atoms with Crippen LogP contribution in [0.1, 0.15) is 53.4 Å². The highest BCUT2D eigenvalue weighted by atomic mass is 16.5. The summed E-state index contributed by atoms with van der Waals surface area (Å²) in [7, 11) is 0. The quantitative estimate of drug-likeness (QED) is 0.842. The van der Waals surface area contributed by atoms with Gasteiger partial charge >= 0.3 is 0 Å². The molecule has 1 aliphatic carbocycles. The highest BCUT2D eigenvalue weighted by molar-refractivity contribution is 5.84. The van der Waals surface area contributed by atoms with E-state index in [-0.39, 0.29) is 23.9 Å². The first-order valence-corrected chi connectivity index (χ1v) is 7.23. The highest BCUT2D eigenvalue weighted by Gasteiger charge is 2.56. The zero-order valence-electron chi connectivity index (χ0n) is 12.0. The highest BCUT2D eigenvalue weighted by Crippen LogP contribution is 2.45. The standard InChI is InChI=1S/C15H26O3/c1-9(2)5-6-13-15(4,17)14-11(16)7-10(3)8-12(14)18-13/h9-10,12-14,17H,5-8H2,1-4H3/t10-,12-,13+,14+,15-/m0/s1. The molecule has 2 aliphatic rings. The number of hydrogen-bond donors (Lipinski definition) is 1. The molecule has 0 amide bonds. The second-order valence-corrected chi connectivity index (χ2v) is 6.85. The molecule has 104 valence electrons. The Bertz CT molecular complexity index is 322. The van der Waals surface area contributed by atoms with Crippen LogP contribution < -0.4 is 0 Å². The summed E-state index contributed by atoms with van der Waals surface area (Å²) in [6.07, 6.45) is 3.14. The van der Waals surface area contributed by atoms with Crippen molar-refractivity contribution in [2.75, 3.05) is 0 Å². The lowest BCUT2D eigenvalue weighted by atomic mass is 9.72. The van der Waals surface area contributed by atoms with Crippen LogP contribution in [0.5, 0.6) is 0 Å². The largest absolute Gasteiger partial charge is 0.387 e. The number of Topliss-reactive ketones (excluding diaryl/α,β-unsaturated/α-hetero) is 1. The molecule has 2 rings (SSSR count). The number of hydrogen-bond acceptors (Lipinski definition) is 3. The van der Waals surface area contributed by atoms with Crippen molar-refractivity contribution in [1.29, 1.82) is 0 Å². The van der Waals surface area contributed by atoms with Crippen molar-refractivity contribution >= 4 is 5.78 Å². The molecular formula is C15H26O3. The lowest BCUT2D eigenvalue weighted by Crippen LogP contribution is -2.47. The van der Waals surface area contributed by atoms with Crippen molar-refractivity contribution in [1.82, 2.24) is 0 Å². The Kier molecular flexibility index (Phi) is 3.84. The zero-order valence-corrected chi connectivity index (χ0v) is 12.0. The van der Waals surface area contributed by atoms with Gasteiger partial charge in [0, 0.05) is 6.42 Å². The van der Waals surface area contributed by atoms with Gasteiger partial charge in [-0.25, -0.2) is 0 Å². The molecule has 5 atom stereocenters. The summed E-state index contributed by atoms with van der Waals surface area (Å²) in [5.41, 5.74) is -0.975. The van der Waals surface area contributed by atoms with Gasteiger partial charge in [-0.15, -0.1) is 0 Å². The Balaban J connectivity index is 2.10. The number of ketones is 1. The predicted octanol–water partition coefficient (Wildman–Crippen LogP) is 2.56. The monoisotopic (exact) mass is 254 g/mol. The van der Waals surface area contributed by atoms with Crippen LogP contribution in [0, 0.1) is 17.8 Å². The van der Waals surface area contributed by atoms with Crippen molar-refractivity contribution in [3.05, 3.63) is 0 Å². The molecule has 1 aliphatic heterocycles. The first-order chi connectivity index (χ1) is 8.32. The summed E-state index contributed by atoms with van der Waals surface area (Å²) < 4.78 is 6.00. The van der Waals surface area contributed by atoms with E-state index in [4.69, 9.17) is 4.74 Å². The summed E-state index contributed by atoms with van der Waals surface area (Å²) in [5.74, 6) is 0.877. The molecule has 0 spiro atoms. The second-order valence-electron chi connectivity index (χ2n) is 6.85. The minimum Gasteiger partial charge on any atom is -0.387 e. The molecule has 0 unspecified atom stereocenters. The van der Waals surface area contributed by atoms with E-state index < -0.39 is 5.60 Å². The second kappa shape index (κ2) is 4.93. The van der Waals surface area contributed by atoms with E-state index >= 15 is 0 Å². The van der Waals surface area contributed by atoms with Crippen molar-refractivity contribution in [3.63, 3.8) is 0 Å². The lowest BCUT2D eigenvalue weighted by molar-refractivity contribution is -0.134. The predicted molar refractivity (Wildman–Crippen MR) is 70.3 cm³/mol. The van der Waals surface area contributed by atoms with Crippen LogP contribution >= 0.6 is 0 Å². The summed E-state index contributed by atoms with van der Waals surface area (Å²) >= 11 is 0. The fourth-order valence-electron chi connectivity index (χ4n) is 3.52. The Labute approximate surface area is 110 Å². The number of carbonyl (C=O) groups excluding carboxylic acids is 1. The van der Waals surface area contributed by atoms with Gasteiger partial charge < -0.3 is 9.84 Å². The molecule has 0 radical (unpaired) electrons. The fraction of sp³-hybridized carbons (Fsp3) is 0.933. The van der Waals surface area contributed by atoms with Crippen LogP contribution in [0.3, 0.4) is 0 Å². The molecule has 18 heavy (non-hydrogen) atoms. The first-order valence-electron chi connectivity index (χ1n) is 7.23. The van der Waals surface area contributed by atoms with Crippen LogP contribution in [0.25, 0.3) is 0 Å². The molecule has 0 aromatic heterocycles. The summed E-state index contributed by atoms with van der Waals surface area (Å²) in [6.45, 7) is 8.22. The molecule has 3 heteroatoms. The molecule has 1 saturated carbocycles. The van der Waals surface area contributed by atoms with Crippen molar-refractivity contribution in [3.8, 4) is 0 Å². The SMILES string of the molecule is CC(C)CC[C@H]1O[C@H]2C[C@@H](C)CC(=O)[C@H]2[C@@]1(C)O. The summed E-state index contributed by atoms with van der Waals surface area (Å²) in [4.78, 5) is 12.1. The molecule has 1 N–H and O–H groups in total. The topological polar surface area (TPSA) is 46.5 Å². The zero-order chi connectivity index (χ0) is 13.5. The number of carbonyl (C=O) groups is 1. The Morgan fingerprint density at radius 3 is 2.78 bits per heavy atom. The third kappa shape index (κ3) is 2.48. The molecule has 0 bridgehead atoms. The van der Waals surface area contributed by atoms with E-state index in [0.29, 0.717) is 18.3 Å². The van der Waals surface area contributed by atoms with Gasteiger partial charge in [-0.05, 0) is 38.0 Å². The van der Waals surface area contributed by atoms with Crippen LogP contribution in [-0.4, -0.2) is 28.7 Å². The summed E-state index contributed by atoms with van der Waals surface area (Å²) in [6, 6.07) is 0. The smallest absolute Gasteiger partial charge is 0.141 e. The van der Waals surface area contributed by atoms with E-state index in [1.807, 2.05) is 0 Å². The lowest BCUT2D eigenvalue weighted by Gasteiger charge is -2.33. The van der Waals surface area contributed by atoms with Crippen molar-refractivity contribution in [2.24, 2.45) is 17.8 Å². The van der Waals surface area contributed by atoms with Gasteiger partial charge in [0.1, 0.15) is 11.4 Å². The third-order valence-electron chi connectivity index (χ3n) is 4.53. The average Bonchev–Trinajstić information content (AvgIpc) is 2.46. The molecule has 0 aromatic rings. The van der Waals surface area contributed by atoms with Crippen LogP contribution in [0.2, 0.25) is 0 Å². The average molecular weight is 254 g/mol. The normalized spacial score (nSPS) is 44.4. The van der Waals surface area contributed by atoms with E-state index in [1.165, 1.54) is 0 Å². The molecule has 3 nitrogen and oxygen atoms in total. The Morgan fingerprint density at radius 2 is 2.17 bits per heavy atom. The van der Waals surface area contributed by atoms with Gasteiger partial charge in [-0.2, -0.15) is 0 Å². The Morgan fingerprint density at radius 1 is 1.50 bits per heavy atom. The van der Waals surface area contributed by atoms with Gasteiger partial charge in [0.25, 0.3) is 0 Å². The maximum absolute atomic E-state index is 12.1. The molecule has 1 heterocycles. The van der Waals surface area contributed by atoms with Crippen LogP contribution in [0.4, 0.5) is 0 Å². The minimum absolute atomic E-state index is 0.0617. The van der Waals surface area contributed by atoms with Crippen LogP contribution in [0.15, 0.2) is 0 Å². The molecular weight excluding hydrogens is 228 g/mol. The fourth-order valence-corrected chi connectivity index (χ4v) is 3.52. The maximum atomic E-state index is 12.1. The summed E-state index contributed by atoms with van der Waals surface area (Å²) in [5, 5.41) is 10.7. The number of aliphatic hydroxyl groups is 1. The van der Waals surface area contributed by atoms with Gasteiger partial charge in [-0.1, -0.05) is 20.8 Å². The van der Waals surface area contributed by atoms with Gasteiger partial charge in [-0.3, -0.25) is 4.79 Å². The van der Waals surface area contributed by atoms with E-state index in [2.05, 4.69) is 20.8 Å². The van der Waals surface area contributed by atoms with Gasteiger partial charge in [0.05, 0.1) is 18.1 Å². The number of fused-ring (bicyclic) bond motifs is 1. The van der Waals surface area contributed by atoms with E-state index in [1.54, 1.807) is 6.92 Å².